The Morgan fingerprint density at radius 3 is 1.93 bits per heavy atom. The molecule has 0 aromatic heterocycles. The summed E-state index contributed by atoms with van der Waals surface area (Å²) in [7, 11) is 0. The fraction of sp³-hybridized carbons (Fsp3) is 0.389. The van der Waals surface area contributed by atoms with Gasteiger partial charge in [0.2, 0.25) is 0 Å². The van der Waals surface area contributed by atoms with Crippen LogP contribution in [0.15, 0.2) is 97.6 Å². The van der Waals surface area contributed by atoms with Crippen LogP contribution in [0.25, 0.3) is 21.5 Å². The quantitative estimate of drug-likeness (QED) is 0.129. The lowest BCUT2D eigenvalue weighted by atomic mass is 9.92. The number of aliphatic hydroxyl groups excluding tert-OH is 1. The second-order valence-electron chi connectivity index (χ2n) is 11.1. The molecule has 0 spiro atoms. The molecule has 40 heavy (non-hydrogen) atoms. The topological polar surface area (TPSA) is 47.9 Å². The largest absolute Gasteiger partial charge is 0.483 e. The normalized spacial score (nSPS) is 21.4. The van der Waals surface area contributed by atoms with Gasteiger partial charge in [-0.05, 0) is 48.1 Å². The molecule has 5 atom stereocenters. The fourth-order valence-electron chi connectivity index (χ4n) is 5.98. The van der Waals surface area contributed by atoms with Gasteiger partial charge in [-0.15, -0.1) is 6.58 Å². The lowest BCUT2D eigenvalue weighted by Crippen LogP contribution is -2.44. The summed E-state index contributed by atoms with van der Waals surface area (Å²) in [6, 6.07) is 28.7. The molecular formula is C36H42O4. The maximum atomic E-state index is 10.4. The van der Waals surface area contributed by atoms with Gasteiger partial charge >= 0.3 is 0 Å². The Morgan fingerprint density at radius 2 is 1.30 bits per heavy atom. The van der Waals surface area contributed by atoms with Crippen LogP contribution in [0.5, 0.6) is 11.5 Å². The summed E-state index contributed by atoms with van der Waals surface area (Å²) in [5, 5.41) is 14.8. The van der Waals surface area contributed by atoms with Crippen molar-refractivity contribution in [3.05, 3.63) is 97.6 Å². The van der Waals surface area contributed by atoms with E-state index in [4.69, 9.17) is 14.2 Å². The van der Waals surface area contributed by atoms with Gasteiger partial charge in [-0.3, -0.25) is 0 Å². The molecule has 1 fully saturated rings. The summed E-state index contributed by atoms with van der Waals surface area (Å²) in [5.74, 6) is 1.85. The van der Waals surface area contributed by atoms with Crippen molar-refractivity contribution in [2.75, 3.05) is 6.61 Å². The van der Waals surface area contributed by atoms with E-state index in [9.17, 15) is 5.11 Å². The van der Waals surface area contributed by atoms with Gasteiger partial charge in [-0.1, -0.05) is 111 Å². The highest BCUT2D eigenvalue weighted by molar-refractivity contribution is 5.89. The molecule has 0 radical (unpaired) electrons. The van der Waals surface area contributed by atoms with E-state index in [1.165, 1.54) is 25.7 Å². The number of allylic oxidation sites excluding steroid dienone is 1. The standard InChI is InChI=1S/C36H42O4/c1-3-4-5-6-7-8-9-16-26(2)34-36(39-32-24-15-20-28-18-11-13-22-30(28)32)35(33(25-37)40-34)38-31-23-14-19-27-17-10-12-21-29(27)31/h3,10-15,17-24,26,33-37H,1,4-9,16,25H2,2H3/t26?,33-,34-,35-,36-/m1/s1. The molecule has 1 heterocycles. The minimum atomic E-state index is -0.481. The fourth-order valence-corrected chi connectivity index (χ4v) is 5.98. The van der Waals surface area contributed by atoms with Gasteiger partial charge in [-0.25, -0.2) is 0 Å². The maximum absolute atomic E-state index is 10.4. The van der Waals surface area contributed by atoms with Crippen LogP contribution in [0.4, 0.5) is 0 Å². The summed E-state index contributed by atoms with van der Waals surface area (Å²) in [5.41, 5.74) is 0. The Bertz CT molecular complexity index is 1370. The number of hydrogen-bond acceptors (Lipinski definition) is 4. The molecule has 4 aromatic carbocycles. The van der Waals surface area contributed by atoms with E-state index in [1.54, 1.807) is 0 Å². The molecule has 0 aliphatic carbocycles. The van der Waals surface area contributed by atoms with Gasteiger partial charge < -0.3 is 19.3 Å². The van der Waals surface area contributed by atoms with E-state index >= 15 is 0 Å². The minimum absolute atomic E-state index is 0.128. The van der Waals surface area contributed by atoms with Crippen LogP contribution in [0.1, 0.15) is 51.9 Å². The highest BCUT2D eigenvalue weighted by atomic mass is 16.6. The third kappa shape index (κ3) is 6.51. The van der Waals surface area contributed by atoms with Gasteiger partial charge in [0.1, 0.15) is 23.7 Å². The van der Waals surface area contributed by atoms with Crippen molar-refractivity contribution >= 4 is 21.5 Å². The maximum Gasteiger partial charge on any atom is 0.166 e. The van der Waals surface area contributed by atoms with Gasteiger partial charge in [0.15, 0.2) is 12.2 Å². The number of benzene rings is 4. The molecular weight excluding hydrogens is 496 g/mol. The molecule has 5 rings (SSSR count). The van der Waals surface area contributed by atoms with Crippen LogP contribution in [-0.4, -0.2) is 36.1 Å². The van der Waals surface area contributed by atoms with Crippen molar-refractivity contribution < 1.29 is 19.3 Å². The molecule has 210 valence electrons. The van der Waals surface area contributed by atoms with E-state index < -0.39 is 12.2 Å². The average Bonchev–Trinajstić information content (AvgIpc) is 3.33. The molecule has 0 amide bonds. The second-order valence-corrected chi connectivity index (χ2v) is 11.1. The molecule has 1 aliphatic heterocycles. The zero-order valence-electron chi connectivity index (χ0n) is 23.6. The molecule has 0 saturated carbocycles. The van der Waals surface area contributed by atoms with Crippen LogP contribution in [0.2, 0.25) is 0 Å². The molecule has 0 bridgehead atoms. The van der Waals surface area contributed by atoms with E-state index in [0.717, 1.165) is 52.3 Å². The highest BCUT2D eigenvalue weighted by Gasteiger charge is 2.49. The number of unbranched alkanes of at least 4 members (excludes halogenated alkanes) is 5. The summed E-state index contributed by atoms with van der Waals surface area (Å²) in [6.45, 7) is 5.94. The van der Waals surface area contributed by atoms with Gasteiger partial charge in [-0.2, -0.15) is 0 Å². The van der Waals surface area contributed by atoms with Crippen LogP contribution in [0.3, 0.4) is 0 Å². The van der Waals surface area contributed by atoms with E-state index in [-0.39, 0.29) is 24.7 Å². The Morgan fingerprint density at radius 1 is 0.750 bits per heavy atom. The van der Waals surface area contributed by atoms with Crippen LogP contribution < -0.4 is 9.47 Å². The number of hydrogen-bond donors (Lipinski definition) is 1. The first-order valence-corrected chi connectivity index (χ1v) is 14.9. The molecule has 1 unspecified atom stereocenters. The molecule has 4 aromatic rings. The van der Waals surface area contributed by atoms with Crippen molar-refractivity contribution in [3.63, 3.8) is 0 Å². The lowest BCUT2D eigenvalue weighted by molar-refractivity contribution is -0.0381. The number of rotatable bonds is 14. The Hall–Kier alpha value is -3.34. The van der Waals surface area contributed by atoms with Gasteiger partial charge in [0.05, 0.1) is 6.61 Å². The molecule has 4 nitrogen and oxygen atoms in total. The van der Waals surface area contributed by atoms with Crippen molar-refractivity contribution in [2.45, 2.75) is 76.3 Å². The van der Waals surface area contributed by atoms with Gasteiger partial charge in [0, 0.05) is 10.8 Å². The summed E-state index contributed by atoms with van der Waals surface area (Å²) < 4.78 is 20.1. The Balaban J connectivity index is 1.40. The molecule has 1 saturated heterocycles. The van der Waals surface area contributed by atoms with Crippen molar-refractivity contribution in [1.29, 1.82) is 0 Å². The van der Waals surface area contributed by atoms with Gasteiger partial charge in [0.25, 0.3) is 0 Å². The third-order valence-electron chi connectivity index (χ3n) is 8.18. The second kappa shape index (κ2) is 13.8. The Kier molecular flexibility index (Phi) is 9.75. The lowest BCUT2D eigenvalue weighted by Gasteiger charge is -2.29. The third-order valence-corrected chi connectivity index (χ3v) is 8.18. The SMILES string of the molecule is C=CCCCCCCCC(C)[C@H]1O[C@H](CO)[C@@H](Oc2cccc3ccccc23)[C@@H]1Oc1cccc2ccccc12. The minimum Gasteiger partial charge on any atom is -0.483 e. The summed E-state index contributed by atoms with van der Waals surface area (Å²) in [6.07, 6.45) is 8.71. The van der Waals surface area contributed by atoms with E-state index in [0.29, 0.717) is 0 Å². The smallest absolute Gasteiger partial charge is 0.166 e. The summed E-state index contributed by atoms with van der Waals surface area (Å²) in [4.78, 5) is 0. The zero-order valence-corrected chi connectivity index (χ0v) is 23.6. The predicted molar refractivity (Wildman–Crippen MR) is 164 cm³/mol. The molecule has 1 N–H and O–H groups in total. The number of fused-ring (bicyclic) bond motifs is 2. The number of ether oxygens (including phenoxy) is 3. The van der Waals surface area contributed by atoms with Crippen molar-refractivity contribution in [3.8, 4) is 11.5 Å². The predicted octanol–water partition coefficient (Wildman–Crippen LogP) is 8.50. The van der Waals surface area contributed by atoms with Crippen LogP contribution >= 0.6 is 0 Å². The molecule has 4 heteroatoms. The highest BCUT2D eigenvalue weighted by Crippen LogP contribution is 2.38. The summed E-state index contributed by atoms with van der Waals surface area (Å²) >= 11 is 0. The first-order chi connectivity index (χ1) is 19.7. The first-order valence-electron chi connectivity index (χ1n) is 14.9. The van der Waals surface area contributed by atoms with Crippen molar-refractivity contribution in [1.82, 2.24) is 0 Å². The monoisotopic (exact) mass is 538 g/mol. The van der Waals surface area contributed by atoms with Crippen LogP contribution in [-0.2, 0) is 4.74 Å². The van der Waals surface area contributed by atoms with Crippen molar-refractivity contribution in [2.24, 2.45) is 5.92 Å². The van der Waals surface area contributed by atoms with E-state index in [1.807, 2.05) is 54.6 Å². The average molecular weight is 539 g/mol. The zero-order chi connectivity index (χ0) is 27.7. The first kappa shape index (κ1) is 28.2. The Labute approximate surface area is 238 Å². The van der Waals surface area contributed by atoms with E-state index in [2.05, 4.69) is 49.9 Å². The molecule has 1 aliphatic rings. The number of aliphatic hydroxyl groups is 1. The van der Waals surface area contributed by atoms with Crippen LogP contribution in [0, 0.1) is 5.92 Å².